The first kappa shape index (κ1) is 14.6. The summed E-state index contributed by atoms with van der Waals surface area (Å²) in [4.78, 5) is 25.6. The molecule has 21 heavy (non-hydrogen) atoms. The van der Waals surface area contributed by atoms with Crippen LogP contribution in [0.15, 0.2) is 0 Å². The molecule has 5 unspecified atom stereocenters. The van der Waals surface area contributed by atoms with E-state index < -0.39 is 11.9 Å². The summed E-state index contributed by atoms with van der Waals surface area (Å²) >= 11 is 0. The Hall–Kier alpha value is -1.30. The third-order valence-electron chi connectivity index (χ3n) is 5.85. The SMILES string of the molecule is COC1CC(NC(=O)N2C3CCC2C(C(=O)O)C3)C1(C)C. The van der Waals surface area contributed by atoms with E-state index in [1.165, 1.54) is 0 Å². The number of amides is 2. The molecule has 0 radical (unpaired) electrons. The van der Waals surface area contributed by atoms with Crippen LogP contribution in [0.25, 0.3) is 0 Å². The normalized spacial score (nSPS) is 40.0. The highest BCUT2D eigenvalue weighted by molar-refractivity contribution is 5.79. The molecule has 2 N–H and O–H groups in total. The lowest BCUT2D eigenvalue weighted by molar-refractivity contribution is -0.142. The summed E-state index contributed by atoms with van der Waals surface area (Å²) in [5.41, 5.74) is -0.0740. The smallest absolute Gasteiger partial charge is 0.318 e. The lowest BCUT2D eigenvalue weighted by Crippen LogP contribution is -2.63. The Morgan fingerprint density at radius 1 is 1.29 bits per heavy atom. The Morgan fingerprint density at radius 3 is 2.52 bits per heavy atom. The molecule has 0 aromatic carbocycles. The number of rotatable bonds is 3. The number of carbonyl (C=O) groups is 2. The van der Waals surface area contributed by atoms with E-state index in [9.17, 15) is 14.7 Å². The average molecular weight is 296 g/mol. The molecule has 3 fully saturated rings. The Balaban J connectivity index is 1.64. The fourth-order valence-electron chi connectivity index (χ4n) is 4.32. The third kappa shape index (κ3) is 2.11. The molecule has 0 spiro atoms. The van der Waals surface area contributed by atoms with Gasteiger partial charge < -0.3 is 20.1 Å². The summed E-state index contributed by atoms with van der Waals surface area (Å²) in [6.07, 6.45) is 3.33. The zero-order valence-electron chi connectivity index (χ0n) is 12.8. The van der Waals surface area contributed by atoms with Gasteiger partial charge in [0.1, 0.15) is 0 Å². The summed E-state index contributed by atoms with van der Waals surface area (Å²) < 4.78 is 5.40. The van der Waals surface area contributed by atoms with Crippen molar-refractivity contribution >= 4 is 12.0 Å². The van der Waals surface area contributed by atoms with Crippen LogP contribution in [0.4, 0.5) is 4.79 Å². The van der Waals surface area contributed by atoms with Crippen LogP contribution >= 0.6 is 0 Å². The number of carboxylic acid groups (broad SMARTS) is 1. The van der Waals surface area contributed by atoms with Gasteiger partial charge in [-0.25, -0.2) is 4.79 Å². The van der Waals surface area contributed by atoms with Gasteiger partial charge in [0.05, 0.1) is 12.0 Å². The van der Waals surface area contributed by atoms with Crippen LogP contribution in [0, 0.1) is 11.3 Å². The number of ether oxygens (including phenoxy) is 1. The number of carboxylic acids is 1. The number of nitrogens with one attached hydrogen (secondary N) is 1. The second kappa shape index (κ2) is 4.87. The number of fused-ring (bicyclic) bond motifs is 2. The number of hydrogen-bond donors (Lipinski definition) is 2. The molecule has 2 aliphatic heterocycles. The number of methoxy groups -OCH3 is 1. The van der Waals surface area contributed by atoms with Crippen LogP contribution in [0.1, 0.15) is 39.5 Å². The Bertz CT molecular complexity index is 465. The maximum Gasteiger partial charge on any atom is 0.318 e. The van der Waals surface area contributed by atoms with Gasteiger partial charge in [-0.15, -0.1) is 0 Å². The molecule has 118 valence electrons. The second-order valence-electron chi connectivity index (χ2n) is 7.17. The predicted octanol–water partition coefficient (Wildman–Crippen LogP) is 1.45. The number of aliphatic carboxylic acids is 1. The highest BCUT2D eigenvalue weighted by Crippen LogP contribution is 2.44. The summed E-state index contributed by atoms with van der Waals surface area (Å²) in [5, 5.41) is 12.3. The maximum atomic E-state index is 12.5. The summed E-state index contributed by atoms with van der Waals surface area (Å²) in [6, 6.07) is -0.0384. The second-order valence-corrected chi connectivity index (χ2v) is 7.17. The highest BCUT2D eigenvalue weighted by Gasteiger charge is 2.54. The Morgan fingerprint density at radius 2 is 2.00 bits per heavy atom. The van der Waals surface area contributed by atoms with Gasteiger partial charge in [-0.3, -0.25) is 4.79 Å². The van der Waals surface area contributed by atoms with E-state index in [2.05, 4.69) is 19.2 Å². The van der Waals surface area contributed by atoms with Gasteiger partial charge in [0, 0.05) is 30.7 Å². The molecule has 3 rings (SSSR count). The minimum atomic E-state index is -0.775. The third-order valence-corrected chi connectivity index (χ3v) is 5.85. The van der Waals surface area contributed by atoms with Crippen LogP contribution in [0.3, 0.4) is 0 Å². The van der Waals surface area contributed by atoms with Crippen molar-refractivity contribution in [2.75, 3.05) is 7.11 Å². The minimum absolute atomic E-state index is 0.0740. The summed E-state index contributed by atoms with van der Waals surface area (Å²) in [7, 11) is 1.70. The monoisotopic (exact) mass is 296 g/mol. The van der Waals surface area contributed by atoms with Crippen LogP contribution in [-0.2, 0) is 9.53 Å². The van der Waals surface area contributed by atoms with Crippen LogP contribution < -0.4 is 5.32 Å². The van der Waals surface area contributed by atoms with Gasteiger partial charge in [0.15, 0.2) is 0 Å². The molecule has 6 nitrogen and oxygen atoms in total. The van der Waals surface area contributed by atoms with E-state index in [4.69, 9.17) is 4.74 Å². The standard InChI is InChI=1S/C15H24N2O4/c1-15(2)11(7-12(15)21-3)16-14(20)17-8-4-5-10(17)9(6-8)13(18)19/h8-12H,4-7H2,1-3H3,(H,16,20)(H,18,19). The minimum Gasteiger partial charge on any atom is -0.481 e. The molecule has 1 saturated carbocycles. The van der Waals surface area contributed by atoms with Crippen molar-refractivity contribution in [3.05, 3.63) is 0 Å². The number of carbonyl (C=O) groups excluding carboxylic acids is 1. The lowest BCUT2D eigenvalue weighted by atomic mass is 9.64. The molecule has 6 heteroatoms. The number of hydrogen-bond acceptors (Lipinski definition) is 3. The van der Waals surface area contributed by atoms with Crippen molar-refractivity contribution < 1.29 is 19.4 Å². The lowest BCUT2D eigenvalue weighted by Gasteiger charge is -2.51. The van der Waals surface area contributed by atoms with Crippen molar-refractivity contribution in [1.29, 1.82) is 0 Å². The molecule has 2 amide bonds. The largest absolute Gasteiger partial charge is 0.481 e. The van der Waals surface area contributed by atoms with E-state index in [0.29, 0.717) is 6.42 Å². The van der Waals surface area contributed by atoms with Gasteiger partial charge in [0.25, 0.3) is 0 Å². The summed E-state index contributed by atoms with van der Waals surface area (Å²) in [5.74, 6) is -1.17. The molecule has 0 aromatic heterocycles. The molecule has 5 atom stereocenters. The van der Waals surface area contributed by atoms with E-state index in [0.717, 1.165) is 19.3 Å². The quantitative estimate of drug-likeness (QED) is 0.826. The molecule has 3 aliphatic rings. The zero-order valence-corrected chi connectivity index (χ0v) is 12.8. The van der Waals surface area contributed by atoms with Gasteiger partial charge >= 0.3 is 12.0 Å². The van der Waals surface area contributed by atoms with Crippen LogP contribution in [0.2, 0.25) is 0 Å². The zero-order chi connectivity index (χ0) is 15.4. The van der Waals surface area contributed by atoms with Crippen molar-refractivity contribution in [2.24, 2.45) is 11.3 Å². The van der Waals surface area contributed by atoms with Gasteiger partial charge in [-0.05, 0) is 25.7 Å². The van der Waals surface area contributed by atoms with E-state index in [1.54, 1.807) is 12.0 Å². The number of nitrogens with zero attached hydrogens (tertiary/aromatic N) is 1. The first-order valence-corrected chi connectivity index (χ1v) is 7.70. The predicted molar refractivity (Wildman–Crippen MR) is 75.9 cm³/mol. The highest BCUT2D eigenvalue weighted by atomic mass is 16.5. The molecule has 2 heterocycles. The Labute approximate surface area is 124 Å². The molecule has 0 aromatic rings. The fraction of sp³-hybridized carbons (Fsp3) is 0.867. The Kier molecular flexibility index (Phi) is 3.39. The van der Waals surface area contributed by atoms with Crippen molar-refractivity contribution in [2.45, 2.75) is 63.8 Å². The van der Waals surface area contributed by atoms with Crippen LogP contribution in [0.5, 0.6) is 0 Å². The topological polar surface area (TPSA) is 78.9 Å². The van der Waals surface area contributed by atoms with Gasteiger partial charge in [-0.2, -0.15) is 0 Å². The fourth-order valence-corrected chi connectivity index (χ4v) is 4.32. The van der Waals surface area contributed by atoms with Gasteiger partial charge in [-0.1, -0.05) is 13.8 Å². The summed E-state index contributed by atoms with van der Waals surface area (Å²) in [6.45, 7) is 4.18. The number of urea groups is 1. The van der Waals surface area contributed by atoms with E-state index >= 15 is 0 Å². The van der Waals surface area contributed by atoms with Crippen molar-refractivity contribution in [1.82, 2.24) is 10.2 Å². The molecule has 2 saturated heterocycles. The van der Waals surface area contributed by atoms with Crippen LogP contribution in [-0.4, -0.2) is 53.3 Å². The van der Waals surface area contributed by atoms with E-state index in [1.807, 2.05) is 0 Å². The first-order valence-electron chi connectivity index (χ1n) is 7.70. The average Bonchev–Trinajstić information content (AvgIpc) is 3.00. The molecule has 1 aliphatic carbocycles. The molecular weight excluding hydrogens is 272 g/mol. The molecular formula is C15H24N2O4. The van der Waals surface area contributed by atoms with Crippen molar-refractivity contribution in [3.63, 3.8) is 0 Å². The molecule has 2 bridgehead atoms. The van der Waals surface area contributed by atoms with E-state index in [-0.39, 0.29) is 35.7 Å². The first-order chi connectivity index (χ1) is 9.86. The van der Waals surface area contributed by atoms with Gasteiger partial charge in [0.2, 0.25) is 0 Å². The maximum absolute atomic E-state index is 12.5. The van der Waals surface area contributed by atoms with Crippen molar-refractivity contribution in [3.8, 4) is 0 Å².